The molecule has 0 spiro atoms. The average molecular weight is 218 g/mol. The first-order valence-electron chi connectivity index (χ1n) is 4.80. The number of carbonyl (C=O) groups excluding carboxylic acids is 1. The Morgan fingerprint density at radius 1 is 1.50 bits per heavy atom. The van der Waals surface area contributed by atoms with Gasteiger partial charge >= 0.3 is 5.97 Å². The highest BCUT2D eigenvalue weighted by Crippen LogP contribution is 2.03. The van der Waals surface area contributed by atoms with Crippen LogP contribution in [0.25, 0.3) is 5.82 Å². The third kappa shape index (κ3) is 2.05. The SMILES string of the molecule is CCOC(=O)c1ccn(-c2cnccn2)n1. The lowest BCUT2D eigenvalue weighted by Gasteiger charge is -1.98. The molecule has 0 aromatic carbocycles. The molecule has 0 N–H and O–H groups in total. The van der Waals surface area contributed by atoms with E-state index in [4.69, 9.17) is 4.74 Å². The monoisotopic (exact) mass is 218 g/mol. The predicted octanol–water partition coefficient (Wildman–Crippen LogP) is 0.839. The van der Waals surface area contributed by atoms with Gasteiger partial charge in [0.2, 0.25) is 0 Å². The number of carbonyl (C=O) groups is 1. The molecular weight excluding hydrogens is 208 g/mol. The molecule has 16 heavy (non-hydrogen) atoms. The largest absolute Gasteiger partial charge is 0.461 e. The van der Waals surface area contributed by atoms with Crippen LogP contribution < -0.4 is 0 Å². The Morgan fingerprint density at radius 2 is 2.38 bits per heavy atom. The molecule has 0 saturated heterocycles. The van der Waals surface area contributed by atoms with Crippen LogP contribution in [-0.4, -0.2) is 32.3 Å². The predicted molar refractivity (Wildman–Crippen MR) is 55.1 cm³/mol. The molecule has 0 aliphatic carbocycles. The first kappa shape index (κ1) is 10.3. The van der Waals surface area contributed by atoms with Crippen LogP contribution in [0.4, 0.5) is 0 Å². The lowest BCUT2D eigenvalue weighted by Crippen LogP contribution is -2.07. The molecule has 2 rings (SSSR count). The van der Waals surface area contributed by atoms with Crippen molar-refractivity contribution in [3.63, 3.8) is 0 Å². The number of hydrogen-bond acceptors (Lipinski definition) is 5. The Bertz CT molecular complexity index is 481. The third-order valence-corrected chi connectivity index (χ3v) is 1.86. The van der Waals surface area contributed by atoms with Crippen molar-refractivity contribution in [2.24, 2.45) is 0 Å². The molecule has 6 nitrogen and oxygen atoms in total. The average Bonchev–Trinajstić information content (AvgIpc) is 2.80. The van der Waals surface area contributed by atoms with Gasteiger partial charge in [0.1, 0.15) is 0 Å². The molecule has 2 heterocycles. The van der Waals surface area contributed by atoms with Crippen molar-refractivity contribution >= 4 is 5.97 Å². The van der Waals surface area contributed by atoms with E-state index < -0.39 is 5.97 Å². The van der Waals surface area contributed by atoms with Gasteiger partial charge < -0.3 is 4.74 Å². The number of rotatable bonds is 3. The summed E-state index contributed by atoms with van der Waals surface area (Å²) in [7, 11) is 0. The van der Waals surface area contributed by atoms with E-state index in [1.165, 1.54) is 4.68 Å². The summed E-state index contributed by atoms with van der Waals surface area (Å²) in [4.78, 5) is 19.3. The van der Waals surface area contributed by atoms with Crippen LogP contribution >= 0.6 is 0 Å². The highest BCUT2D eigenvalue weighted by molar-refractivity contribution is 5.87. The van der Waals surface area contributed by atoms with E-state index in [2.05, 4.69) is 15.1 Å². The van der Waals surface area contributed by atoms with Gasteiger partial charge in [-0.25, -0.2) is 14.5 Å². The molecule has 82 valence electrons. The van der Waals surface area contributed by atoms with Crippen LogP contribution in [0.2, 0.25) is 0 Å². The van der Waals surface area contributed by atoms with Crippen molar-refractivity contribution in [3.8, 4) is 5.82 Å². The van der Waals surface area contributed by atoms with Gasteiger partial charge in [-0.1, -0.05) is 0 Å². The van der Waals surface area contributed by atoms with Crippen LogP contribution in [0.5, 0.6) is 0 Å². The van der Waals surface area contributed by atoms with Gasteiger partial charge in [0.15, 0.2) is 11.5 Å². The topological polar surface area (TPSA) is 69.9 Å². The zero-order valence-electron chi connectivity index (χ0n) is 8.70. The summed E-state index contributed by atoms with van der Waals surface area (Å²) in [6.07, 6.45) is 6.32. The lowest BCUT2D eigenvalue weighted by atomic mass is 10.4. The molecule has 0 radical (unpaired) electrons. The van der Waals surface area contributed by atoms with E-state index in [1.54, 1.807) is 37.8 Å². The molecule has 0 atom stereocenters. The maximum Gasteiger partial charge on any atom is 0.358 e. The summed E-state index contributed by atoms with van der Waals surface area (Å²) in [5.74, 6) is 0.114. The second-order valence-corrected chi connectivity index (χ2v) is 2.93. The number of hydrogen-bond donors (Lipinski definition) is 0. The molecule has 0 unspecified atom stereocenters. The molecule has 0 bridgehead atoms. The Balaban J connectivity index is 2.23. The van der Waals surface area contributed by atoms with Crippen LogP contribution in [-0.2, 0) is 4.74 Å². The molecule has 0 amide bonds. The van der Waals surface area contributed by atoms with E-state index in [0.29, 0.717) is 12.4 Å². The summed E-state index contributed by atoms with van der Waals surface area (Å²) >= 11 is 0. The first-order chi connectivity index (χ1) is 7.81. The Labute approximate surface area is 91.9 Å². The minimum atomic E-state index is -0.440. The first-order valence-corrected chi connectivity index (χ1v) is 4.80. The Morgan fingerprint density at radius 3 is 3.06 bits per heavy atom. The van der Waals surface area contributed by atoms with Crippen LogP contribution in [0, 0.1) is 0 Å². The van der Waals surface area contributed by atoms with Gasteiger partial charge in [-0.3, -0.25) is 4.98 Å². The quantitative estimate of drug-likeness (QED) is 0.714. The molecular formula is C10H10N4O2. The number of ether oxygens (including phenoxy) is 1. The van der Waals surface area contributed by atoms with Crippen molar-refractivity contribution < 1.29 is 9.53 Å². The fraction of sp³-hybridized carbons (Fsp3) is 0.200. The van der Waals surface area contributed by atoms with E-state index >= 15 is 0 Å². The van der Waals surface area contributed by atoms with Crippen molar-refractivity contribution in [1.82, 2.24) is 19.7 Å². The molecule has 2 aromatic rings. The third-order valence-electron chi connectivity index (χ3n) is 1.86. The van der Waals surface area contributed by atoms with Gasteiger partial charge in [0.05, 0.1) is 12.8 Å². The van der Waals surface area contributed by atoms with Crippen molar-refractivity contribution in [2.75, 3.05) is 6.61 Å². The van der Waals surface area contributed by atoms with E-state index in [1.807, 2.05) is 0 Å². The van der Waals surface area contributed by atoms with Crippen LogP contribution in [0.1, 0.15) is 17.4 Å². The second kappa shape index (κ2) is 4.52. The van der Waals surface area contributed by atoms with Crippen LogP contribution in [0.3, 0.4) is 0 Å². The normalized spacial score (nSPS) is 10.1. The van der Waals surface area contributed by atoms with Gasteiger partial charge in [-0.05, 0) is 13.0 Å². The van der Waals surface area contributed by atoms with Gasteiger partial charge in [-0.2, -0.15) is 5.10 Å². The molecule has 0 fully saturated rings. The minimum Gasteiger partial charge on any atom is -0.461 e. The maximum absolute atomic E-state index is 11.4. The number of aromatic nitrogens is 4. The highest BCUT2D eigenvalue weighted by Gasteiger charge is 2.10. The summed E-state index contributed by atoms with van der Waals surface area (Å²) in [6, 6.07) is 1.58. The maximum atomic E-state index is 11.4. The molecule has 0 aliphatic heterocycles. The van der Waals surface area contributed by atoms with Gasteiger partial charge in [0, 0.05) is 18.6 Å². The zero-order valence-corrected chi connectivity index (χ0v) is 8.70. The summed E-state index contributed by atoms with van der Waals surface area (Å²) in [5, 5.41) is 4.04. The molecule has 0 saturated carbocycles. The van der Waals surface area contributed by atoms with Crippen molar-refractivity contribution in [2.45, 2.75) is 6.92 Å². The van der Waals surface area contributed by atoms with Crippen molar-refractivity contribution in [1.29, 1.82) is 0 Å². The Hall–Kier alpha value is -2.24. The second-order valence-electron chi connectivity index (χ2n) is 2.93. The fourth-order valence-corrected chi connectivity index (χ4v) is 1.17. The highest BCUT2D eigenvalue weighted by atomic mass is 16.5. The fourth-order valence-electron chi connectivity index (χ4n) is 1.17. The summed E-state index contributed by atoms with van der Waals surface area (Å²) in [5.41, 5.74) is 0.257. The standard InChI is InChI=1S/C10H10N4O2/c1-2-16-10(15)8-3-6-14(13-8)9-7-11-4-5-12-9/h3-7H,2H2,1H3. The van der Waals surface area contributed by atoms with Gasteiger partial charge in [0.25, 0.3) is 0 Å². The minimum absolute atomic E-state index is 0.257. The zero-order chi connectivity index (χ0) is 11.4. The summed E-state index contributed by atoms with van der Waals surface area (Å²) < 4.78 is 6.30. The van der Waals surface area contributed by atoms with Gasteiger partial charge in [-0.15, -0.1) is 0 Å². The van der Waals surface area contributed by atoms with Crippen molar-refractivity contribution in [3.05, 3.63) is 36.5 Å². The van der Waals surface area contributed by atoms with E-state index in [9.17, 15) is 4.79 Å². The number of nitrogens with zero attached hydrogens (tertiary/aromatic N) is 4. The molecule has 2 aromatic heterocycles. The summed E-state index contributed by atoms with van der Waals surface area (Å²) in [6.45, 7) is 2.08. The van der Waals surface area contributed by atoms with E-state index in [0.717, 1.165) is 0 Å². The smallest absolute Gasteiger partial charge is 0.358 e. The molecule has 0 aliphatic rings. The van der Waals surface area contributed by atoms with E-state index in [-0.39, 0.29) is 5.69 Å². The lowest BCUT2D eigenvalue weighted by molar-refractivity contribution is 0.0519. The Kier molecular flexibility index (Phi) is 2.90. The number of esters is 1. The molecule has 6 heteroatoms. The van der Waals surface area contributed by atoms with Crippen LogP contribution in [0.15, 0.2) is 30.9 Å².